The first-order valence-electron chi connectivity index (χ1n) is 13.3. The van der Waals surface area contributed by atoms with E-state index in [1.807, 2.05) is 12.1 Å². The summed E-state index contributed by atoms with van der Waals surface area (Å²) in [5.41, 5.74) is 2.30. The summed E-state index contributed by atoms with van der Waals surface area (Å²) in [5.74, 6) is -2.80. The van der Waals surface area contributed by atoms with Gasteiger partial charge >= 0.3 is 5.97 Å². The minimum atomic E-state index is -0.865. The van der Waals surface area contributed by atoms with Crippen molar-refractivity contribution in [3.8, 4) is 11.1 Å². The van der Waals surface area contributed by atoms with Gasteiger partial charge in [0, 0.05) is 67.5 Å². The molecule has 4 aromatic rings. The number of anilines is 1. The molecule has 1 saturated heterocycles. The maximum Gasteiger partial charge on any atom is 0.341 e. The van der Waals surface area contributed by atoms with Crippen LogP contribution in [0.4, 0.5) is 14.5 Å². The van der Waals surface area contributed by atoms with E-state index >= 15 is 0 Å². The topological polar surface area (TPSA) is 91.8 Å². The van der Waals surface area contributed by atoms with Gasteiger partial charge in [0.1, 0.15) is 17.2 Å². The van der Waals surface area contributed by atoms with Crippen LogP contribution in [0.5, 0.6) is 0 Å². The summed E-state index contributed by atoms with van der Waals surface area (Å²) in [5, 5.41) is 2.68. The second-order valence-corrected chi connectivity index (χ2v) is 9.70. The fourth-order valence-corrected chi connectivity index (χ4v) is 4.88. The zero-order chi connectivity index (χ0) is 29.6. The molecule has 2 heterocycles. The fraction of sp³-hybridized carbons (Fsp3) is 0.188. The number of amides is 2. The zero-order valence-corrected chi connectivity index (χ0v) is 22.8. The first kappa shape index (κ1) is 28.4. The Morgan fingerprint density at radius 3 is 2.21 bits per heavy atom. The summed E-state index contributed by atoms with van der Waals surface area (Å²) in [6, 6.07) is 18.5. The standard InChI is InChI=1S/C32H28F2N4O4/c1-42-32(41)29-26(3-2-4-27(29)33)23-9-10-24(28(34)19-23)20-36-30(39)21-5-7-22(8-6-21)31(40)38-17-15-37(16-18-38)25-11-13-35-14-12-25/h2-14,19H,15-18,20H2,1H3,(H,36,39). The van der Waals surface area contributed by atoms with Crippen LogP contribution in [-0.2, 0) is 11.3 Å². The first-order chi connectivity index (χ1) is 20.4. The third kappa shape index (κ3) is 6.12. The van der Waals surface area contributed by atoms with Gasteiger partial charge < -0.3 is 19.9 Å². The molecule has 0 saturated carbocycles. The minimum absolute atomic E-state index is 0.0968. The van der Waals surface area contributed by atoms with Gasteiger partial charge in [-0.3, -0.25) is 14.6 Å². The van der Waals surface area contributed by atoms with E-state index in [4.69, 9.17) is 0 Å². The molecule has 1 N–H and O–H groups in total. The average Bonchev–Trinajstić information content (AvgIpc) is 3.03. The summed E-state index contributed by atoms with van der Waals surface area (Å²) in [6.07, 6.45) is 3.49. The molecule has 1 aliphatic rings. The predicted molar refractivity (Wildman–Crippen MR) is 153 cm³/mol. The maximum atomic E-state index is 14.9. The summed E-state index contributed by atoms with van der Waals surface area (Å²) in [7, 11) is 1.14. The van der Waals surface area contributed by atoms with Crippen LogP contribution in [0.1, 0.15) is 36.6 Å². The fourth-order valence-electron chi connectivity index (χ4n) is 4.88. The highest BCUT2D eigenvalue weighted by Crippen LogP contribution is 2.28. The number of carbonyl (C=O) groups excluding carboxylic acids is 3. The Kier molecular flexibility index (Phi) is 8.52. The smallest absolute Gasteiger partial charge is 0.341 e. The molecule has 1 aromatic heterocycles. The van der Waals surface area contributed by atoms with E-state index in [1.54, 1.807) is 47.6 Å². The molecule has 214 valence electrons. The molecule has 2 amide bonds. The van der Waals surface area contributed by atoms with Crippen molar-refractivity contribution in [3.05, 3.63) is 119 Å². The lowest BCUT2D eigenvalue weighted by atomic mass is 9.98. The third-order valence-corrected chi connectivity index (χ3v) is 7.20. The summed E-state index contributed by atoms with van der Waals surface area (Å²) in [6.45, 7) is 2.49. The van der Waals surface area contributed by atoms with E-state index in [1.165, 1.54) is 24.3 Å². The van der Waals surface area contributed by atoms with Gasteiger partial charge in [-0.25, -0.2) is 13.6 Å². The molecule has 42 heavy (non-hydrogen) atoms. The number of ether oxygens (including phenoxy) is 1. The van der Waals surface area contributed by atoms with E-state index < -0.39 is 23.5 Å². The number of rotatable bonds is 7. The highest BCUT2D eigenvalue weighted by atomic mass is 19.1. The van der Waals surface area contributed by atoms with Gasteiger partial charge in [-0.2, -0.15) is 0 Å². The van der Waals surface area contributed by atoms with Crippen molar-refractivity contribution in [3.63, 3.8) is 0 Å². The molecule has 5 rings (SSSR count). The summed E-state index contributed by atoms with van der Waals surface area (Å²) in [4.78, 5) is 45.8. The molecule has 10 heteroatoms. The summed E-state index contributed by atoms with van der Waals surface area (Å²) >= 11 is 0. The number of piperazine rings is 1. The van der Waals surface area contributed by atoms with Crippen LogP contribution in [0.15, 0.2) is 85.2 Å². The second kappa shape index (κ2) is 12.6. The SMILES string of the molecule is COC(=O)c1c(F)cccc1-c1ccc(CNC(=O)c2ccc(C(=O)N3CCN(c4ccncc4)CC3)cc2)c(F)c1. The van der Waals surface area contributed by atoms with Crippen molar-refractivity contribution in [2.45, 2.75) is 6.54 Å². The first-order valence-corrected chi connectivity index (χ1v) is 13.3. The number of benzene rings is 3. The lowest BCUT2D eigenvalue weighted by molar-refractivity contribution is 0.0596. The molecule has 0 radical (unpaired) electrons. The highest BCUT2D eigenvalue weighted by molar-refractivity contribution is 5.98. The van der Waals surface area contributed by atoms with Crippen molar-refractivity contribution in [2.75, 3.05) is 38.2 Å². The number of halogens is 2. The van der Waals surface area contributed by atoms with E-state index in [0.717, 1.165) is 18.9 Å². The molecular formula is C32H28F2N4O4. The number of nitrogens with one attached hydrogen (secondary N) is 1. The number of aromatic nitrogens is 1. The Morgan fingerprint density at radius 1 is 0.857 bits per heavy atom. The van der Waals surface area contributed by atoms with Crippen LogP contribution in [0, 0.1) is 11.6 Å². The Morgan fingerprint density at radius 2 is 1.55 bits per heavy atom. The van der Waals surface area contributed by atoms with Crippen molar-refractivity contribution in [2.24, 2.45) is 0 Å². The van der Waals surface area contributed by atoms with E-state index in [0.29, 0.717) is 42.9 Å². The van der Waals surface area contributed by atoms with Gasteiger partial charge in [0.2, 0.25) is 0 Å². The largest absolute Gasteiger partial charge is 0.465 e. The highest BCUT2D eigenvalue weighted by Gasteiger charge is 2.23. The van der Waals surface area contributed by atoms with E-state index in [2.05, 4.69) is 19.9 Å². The predicted octanol–water partition coefficient (Wildman–Crippen LogP) is 4.71. The Hall–Kier alpha value is -5.12. The maximum absolute atomic E-state index is 14.9. The lowest BCUT2D eigenvalue weighted by Gasteiger charge is -2.36. The van der Waals surface area contributed by atoms with Gasteiger partial charge in [0.25, 0.3) is 11.8 Å². The lowest BCUT2D eigenvalue weighted by Crippen LogP contribution is -2.48. The van der Waals surface area contributed by atoms with Crippen LogP contribution < -0.4 is 10.2 Å². The van der Waals surface area contributed by atoms with Crippen LogP contribution in [0.3, 0.4) is 0 Å². The number of nitrogens with zero attached hydrogens (tertiary/aromatic N) is 3. The molecule has 0 atom stereocenters. The second-order valence-electron chi connectivity index (χ2n) is 9.70. The number of methoxy groups -OCH3 is 1. The number of hydrogen-bond acceptors (Lipinski definition) is 6. The van der Waals surface area contributed by atoms with Crippen LogP contribution in [0.25, 0.3) is 11.1 Å². The van der Waals surface area contributed by atoms with Crippen molar-refractivity contribution in [1.29, 1.82) is 0 Å². The zero-order valence-electron chi connectivity index (χ0n) is 22.8. The molecule has 0 aliphatic carbocycles. The molecule has 1 aliphatic heterocycles. The molecule has 8 nitrogen and oxygen atoms in total. The van der Waals surface area contributed by atoms with Crippen LogP contribution >= 0.6 is 0 Å². The molecule has 0 unspecified atom stereocenters. The van der Waals surface area contributed by atoms with Gasteiger partial charge in [-0.1, -0.05) is 24.3 Å². The van der Waals surface area contributed by atoms with Crippen LogP contribution in [0.2, 0.25) is 0 Å². The molecule has 0 spiro atoms. The van der Waals surface area contributed by atoms with E-state index in [9.17, 15) is 23.2 Å². The monoisotopic (exact) mass is 570 g/mol. The van der Waals surface area contributed by atoms with E-state index in [-0.39, 0.29) is 29.1 Å². The Balaban J connectivity index is 1.18. The quantitative estimate of drug-likeness (QED) is 0.324. The number of hydrogen-bond donors (Lipinski definition) is 1. The molecular weight excluding hydrogens is 542 g/mol. The van der Waals surface area contributed by atoms with Gasteiger partial charge in [0.05, 0.1) is 7.11 Å². The molecule has 1 fully saturated rings. The van der Waals surface area contributed by atoms with Crippen molar-refractivity contribution >= 4 is 23.5 Å². The van der Waals surface area contributed by atoms with Crippen LogP contribution in [-0.4, -0.2) is 61.0 Å². The summed E-state index contributed by atoms with van der Waals surface area (Å²) < 4.78 is 33.9. The van der Waals surface area contributed by atoms with Crippen molar-refractivity contribution in [1.82, 2.24) is 15.2 Å². The number of esters is 1. The van der Waals surface area contributed by atoms with Crippen molar-refractivity contribution < 1.29 is 27.9 Å². The van der Waals surface area contributed by atoms with Gasteiger partial charge in [-0.15, -0.1) is 0 Å². The van der Waals surface area contributed by atoms with Gasteiger partial charge in [-0.05, 0) is 59.7 Å². The molecule has 0 bridgehead atoms. The molecule has 3 aromatic carbocycles. The number of pyridine rings is 1. The minimum Gasteiger partial charge on any atom is -0.465 e. The Bertz CT molecular complexity index is 1610. The normalized spacial score (nSPS) is 13.0. The Labute approximate surface area is 241 Å². The average molecular weight is 571 g/mol. The third-order valence-electron chi connectivity index (χ3n) is 7.20. The number of carbonyl (C=O) groups is 3. The van der Waals surface area contributed by atoms with Gasteiger partial charge in [0.15, 0.2) is 0 Å².